The monoisotopic (exact) mass is 510 g/mol. The number of carbonyl (C=O) groups excluding carboxylic acids is 1. The van der Waals surface area contributed by atoms with E-state index >= 15 is 0 Å². The maximum absolute atomic E-state index is 11.9. The van der Waals surface area contributed by atoms with Gasteiger partial charge in [0.15, 0.2) is 0 Å². The molecule has 0 fully saturated rings. The van der Waals surface area contributed by atoms with Crippen molar-refractivity contribution in [2.24, 2.45) is 0 Å². The van der Waals surface area contributed by atoms with Crippen LogP contribution in [0.4, 0.5) is 0 Å². The molecule has 9 heteroatoms. The van der Waals surface area contributed by atoms with Gasteiger partial charge in [0.1, 0.15) is 0 Å². The van der Waals surface area contributed by atoms with E-state index in [2.05, 4.69) is 16.8 Å². The lowest BCUT2D eigenvalue weighted by Gasteiger charge is -2.29. The lowest BCUT2D eigenvalue weighted by atomic mass is 9.98. The van der Waals surface area contributed by atoms with E-state index in [0.29, 0.717) is 19.4 Å². The Balaban J connectivity index is 0. The number of phosphoric ester groups is 1. The lowest BCUT2D eigenvalue weighted by molar-refractivity contribution is -0.121. The first-order valence-electron chi connectivity index (χ1n) is 13.3. The average Bonchev–Trinajstić information content (AvgIpc) is 2.71. The highest BCUT2D eigenvalue weighted by molar-refractivity contribution is 7.46. The number of nitrogens with one attached hydrogen (secondary N) is 1. The van der Waals surface area contributed by atoms with Crippen molar-refractivity contribution in [1.29, 1.82) is 0 Å². The molecule has 0 saturated heterocycles. The molecule has 0 aromatic carbocycles. The average molecular weight is 511 g/mol. The summed E-state index contributed by atoms with van der Waals surface area (Å²) in [5, 5.41) is 12.8. The van der Waals surface area contributed by atoms with Gasteiger partial charge in [0.2, 0.25) is 5.91 Å². The topological polar surface area (TPSA) is 151 Å². The highest BCUT2D eigenvalue weighted by Gasteiger charge is 2.33. The molecule has 0 bridgehead atoms. The maximum Gasteiger partial charge on any atom is 0.469 e. The van der Waals surface area contributed by atoms with Crippen LogP contribution in [-0.4, -0.2) is 39.1 Å². The Hall–Kier alpha value is -0.500. The fourth-order valence-corrected chi connectivity index (χ4v) is 4.66. The van der Waals surface area contributed by atoms with Crippen LogP contribution in [-0.2, 0) is 13.9 Å². The van der Waals surface area contributed by atoms with Gasteiger partial charge in [-0.05, 0) is 33.1 Å². The summed E-state index contributed by atoms with van der Waals surface area (Å²) >= 11 is 0. The van der Waals surface area contributed by atoms with Gasteiger partial charge in [-0.1, -0.05) is 96.8 Å². The number of hydrogen-bond donors (Lipinski definition) is 5. The van der Waals surface area contributed by atoms with Crippen LogP contribution in [0.1, 0.15) is 136 Å². The molecule has 1 amide bonds. The summed E-state index contributed by atoms with van der Waals surface area (Å²) in [6.07, 6.45) is 19.6. The number of phosphoric acid groups is 1. The van der Waals surface area contributed by atoms with Crippen LogP contribution in [0, 0.1) is 0 Å². The van der Waals surface area contributed by atoms with Gasteiger partial charge in [0, 0.05) is 13.0 Å². The first-order chi connectivity index (χ1) is 15.6. The van der Waals surface area contributed by atoms with E-state index in [4.69, 9.17) is 9.79 Å². The van der Waals surface area contributed by atoms with Gasteiger partial charge < -0.3 is 26.4 Å². The Labute approximate surface area is 208 Å². The molecular weight excluding hydrogens is 455 g/mol. The van der Waals surface area contributed by atoms with E-state index in [1.54, 1.807) is 0 Å². The Morgan fingerprint density at radius 3 is 1.62 bits per heavy atom. The summed E-state index contributed by atoms with van der Waals surface area (Å²) in [5.41, 5.74) is -1.38. The second-order valence-corrected chi connectivity index (χ2v) is 11.1. The number of aliphatic hydroxyl groups is 1. The Bertz CT molecular complexity index is 522. The van der Waals surface area contributed by atoms with Gasteiger partial charge in [-0.2, -0.15) is 0 Å². The molecule has 0 aliphatic carbocycles. The molecule has 0 spiro atoms. The molecule has 0 saturated carbocycles. The molecule has 1 unspecified atom stereocenters. The minimum Gasteiger partial charge on any atom is -0.388 e. The molecule has 8 nitrogen and oxygen atoms in total. The lowest BCUT2D eigenvalue weighted by Crippen LogP contribution is -2.38. The van der Waals surface area contributed by atoms with Crippen molar-refractivity contribution < 1.29 is 28.8 Å². The standard InChI is InChI=1S/C25H52NO6P.H3N/c1-4-5-6-7-8-9-10-11-12-13-14-15-16-17-18-21-24(27)26-22-19-20-23(25(2,3)28)32-33(29,30)31;/h23,28H,4-22H2,1-3H3,(H,26,27)(H2,29,30,31);1H3. The van der Waals surface area contributed by atoms with Crippen molar-refractivity contribution >= 4 is 13.7 Å². The molecule has 7 N–H and O–H groups in total. The van der Waals surface area contributed by atoms with E-state index in [1.807, 2.05) is 0 Å². The number of rotatable bonds is 23. The second-order valence-electron chi connectivity index (χ2n) is 9.93. The van der Waals surface area contributed by atoms with Crippen molar-refractivity contribution in [2.45, 2.75) is 148 Å². The minimum absolute atomic E-state index is 0. The van der Waals surface area contributed by atoms with Crippen LogP contribution < -0.4 is 11.5 Å². The summed E-state index contributed by atoms with van der Waals surface area (Å²) in [7, 11) is -4.67. The highest BCUT2D eigenvalue weighted by atomic mass is 31.2. The summed E-state index contributed by atoms with van der Waals surface area (Å²) in [4.78, 5) is 29.9. The van der Waals surface area contributed by atoms with Crippen LogP contribution in [0.25, 0.3) is 0 Å². The van der Waals surface area contributed by atoms with Crippen LogP contribution >= 0.6 is 7.82 Å². The van der Waals surface area contributed by atoms with Gasteiger partial charge in [0.05, 0.1) is 11.7 Å². The molecule has 0 aliphatic heterocycles. The molecule has 0 heterocycles. The Morgan fingerprint density at radius 2 is 1.24 bits per heavy atom. The van der Waals surface area contributed by atoms with Crippen LogP contribution in [0.15, 0.2) is 0 Å². The number of hydrogen-bond acceptors (Lipinski definition) is 5. The van der Waals surface area contributed by atoms with E-state index in [1.165, 1.54) is 97.3 Å². The highest BCUT2D eigenvalue weighted by Crippen LogP contribution is 2.41. The molecule has 0 aromatic heterocycles. The third-order valence-corrected chi connectivity index (χ3v) is 6.55. The Kier molecular flexibility index (Phi) is 22.8. The molecule has 1 atom stereocenters. The zero-order chi connectivity index (χ0) is 25.0. The van der Waals surface area contributed by atoms with Gasteiger partial charge in [-0.3, -0.25) is 9.32 Å². The van der Waals surface area contributed by atoms with E-state index in [9.17, 15) is 14.5 Å². The number of amides is 1. The maximum atomic E-state index is 11.9. The fourth-order valence-electron chi connectivity index (χ4n) is 3.96. The summed E-state index contributed by atoms with van der Waals surface area (Å²) < 4.78 is 15.7. The third-order valence-electron chi connectivity index (χ3n) is 6.03. The van der Waals surface area contributed by atoms with E-state index < -0.39 is 19.5 Å². The number of carbonyl (C=O) groups is 1. The summed E-state index contributed by atoms with van der Waals surface area (Å²) in [6, 6.07) is 0. The summed E-state index contributed by atoms with van der Waals surface area (Å²) in [5.74, 6) is 0.000379. The minimum atomic E-state index is -4.67. The van der Waals surface area contributed by atoms with Gasteiger partial charge in [-0.15, -0.1) is 0 Å². The molecule has 206 valence electrons. The van der Waals surface area contributed by atoms with E-state index in [-0.39, 0.29) is 18.5 Å². The molecule has 34 heavy (non-hydrogen) atoms. The van der Waals surface area contributed by atoms with Gasteiger partial charge in [-0.25, -0.2) is 4.57 Å². The van der Waals surface area contributed by atoms with Crippen molar-refractivity contribution in [3.8, 4) is 0 Å². The van der Waals surface area contributed by atoms with Crippen molar-refractivity contribution in [1.82, 2.24) is 11.5 Å². The molecular formula is C25H55N2O6P. The van der Waals surface area contributed by atoms with Crippen LogP contribution in [0.3, 0.4) is 0 Å². The van der Waals surface area contributed by atoms with Crippen molar-refractivity contribution in [2.75, 3.05) is 6.54 Å². The predicted molar refractivity (Wildman–Crippen MR) is 140 cm³/mol. The smallest absolute Gasteiger partial charge is 0.388 e. The summed E-state index contributed by atoms with van der Waals surface area (Å²) in [6.45, 7) is 5.55. The van der Waals surface area contributed by atoms with E-state index in [0.717, 1.165) is 12.8 Å². The van der Waals surface area contributed by atoms with Gasteiger partial charge >= 0.3 is 7.82 Å². The van der Waals surface area contributed by atoms with Crippen LogP contribution in [0.2, 0.25) is 0 Å². The van der Waals surface area contributed by atoms with Gasteiger partial charge in [0.25, 0.3) is 0 Å². The number of unbranched alkanes of at least 4 members (excludes halogenated alkanes) is 14. The normalized spacial score (nSPS) is 12.9. The zero-order valence-corrected chi connectivity index (χ0v) is 23.1. The molecule has 0 radical (unpaired) electrons. The fraction of sp³-hybridized carbons (Fsp3) is 0.960. The second kappa shape index (κ2) is 21.8. The molecule has 0 rings (SSSR count). The largest absolute Gasteiger partial charge is 0.469 e. The first-order valence-corrected chi connectivity index (χ1v) is 14.8. The third kappa shape index (κ3) is 24.6. The molecule has 0 aliphatic rings. The zero-order valence-electron chi connectivity index (χ0n) is 22.2. The van der Waals surface area contributed by atoms with Crippen molar-refractivity contribution in [3.05, 3.63) is 0 Å². The van der Waals surface area contributed by atoms with Crippen LogP contribution in [0.5, 0.6) is 0 Å². The predicted octanol–water partition coefficient (Wildman–Crippen LogP) is 6.56. The van der Waals surface area contributed by atoms with Crippen molar-refractivity contribution in [3.63, 3.8) is 0 Å². The SMILES string of the molecule is CCCCCCCCCCCCCCCCCC(=O)NCCCC(OP(=O)(O)O)C(C)(C)O.N. The molecule has 0 aromatic rings. The first kappa shape index (κ1) is 35.7. The quantitative estimate of drug-likeness (QED) is 0.0771. The Morgan fingerprint density at radius 1 is 0.824 bits per heavy atom.